The second kappa shape index (κ2) is 5.75. The Balaban J connectivity index is 2.03. The molecule has 0 saturated heterocycles. The van der Waals surface area contributed by atoms with E-state index in [-0.39, 0.29) is 0 Å². The molecule has 0 spiro atoms. The molecule has 3 aromatic carbocycles. The fourth-order valence-electron chi connectivity index (χ4n) is 2.10. The van der Waals surface area contributed by atoms with Crippen LogP contribution in [0.2, 0.25) is 0 Å². The third kappa shape index (κ3) is 2.92. The third-order valence-electron chi connectivity index (χ3n) is 3.08. The Hall–Kier alpha value is -2.68. The summed E-state index contributed by atoms with van der Waals surface area (Å²) in [7, 11) is 0. The summed E-state index contributed by atoms with van der Waals surface area (Å²) in [5.41, 5.74) is 0.891. The first kappa shape index (κ1) is 13.3. The molecule has 3 heteroatoms. The van der Waals surface area contributed by atoms with Crippen molar-refractivity contribution in [2.24, 2.45) is 0 Å². The lowest BCUT2D eigenvalue weighted by molar-refractivity contribution is 0.484. The van der Waals surface area contributed by atoms with Crippen molar-refractivity contribution in [2.45, 2.75) is 0 Å². The Morgan fingerprint density at radius 2 is 1.38 bits per heavy atom. The molecule has 0 aliphatic rings. The van der Waals surface area contributed by atoms with Gasteiger partial charge in [-0.3, -0.25) is 0 Å². The van der Waals surface area contributed by atoms with Crippen LogP contribution in [-0.4, -0.2) is 0 Å². The van der Waals surface area contributed by atoms with E-state index in [9.17, 15) is 8.78 Å². The maximum atomic E-state index is 14.0. The first-order valence-electron chi connectivity index (χ1n) is 6.51. The van der Waals surface area contributed by atoms with Crippen molar-refractivity contribution in [1.82, 2.24) is 0 Å². The molecule has 0 unspecified atom stereocenters. The van der Waals surface area contributed by atoms with Gasteiger partial charge in [-0.2, -0.15) is 0 Å². The molecule has 0 N–H and O–H groups in total. The SMILES string of the molecule is Fc1ccc(-c2ccccc2Oc2ccccc2)c(F)c1. The van der Waals surface area contributed by atoms with Gasteiger partial charge in [-0.1, -0.05) is 36.4 Å². The predicted octanol–water partition coefficient (Wildman–Crippen LogP) is 5.42. The zero-order valence-corrected chi connectivity index (χ0v) is 11.1. The van der Waals surface area contributed by atoms with Gasteiger partial charge in [-0.05, 0) is 30.3 Å². The summed E-state index contributed by atoms with van der Waals surface area (Å²) in [6.45, 7) is 0. The minimum Gasteiger partial charge on any atom is -0.457 e. The molecule has 0 heterocycles. The molecule has 3 aromatic rings. The van der Waals surface area contributed by atoms with Crippen molar-refractivity contribution in [3.8, 4) is 22.6 Å². The lowest BCUT2D eigenvalue weighted by atomic mass is 10.0. The van der Waals surface area contributed by atoms with Crippen molar-refractivity contribution in [3.63, 3.8) is 0 Å². The highest BCUT2D eigenvalue weighted by Gasteiger charge is 2.11. The lowest BCUT2D eigenvalue weighted by Crippen LogP contribution is -1.91. The Labute approximate surface area is 121 Å². The van der Waals surface area contributed by atoms with Crippen molar-refractivity contribution in [3.05, 3.63) is 84.4 Å². The van der Waals surface area contributed by atoms with E-state index in [0.29, 0.717) is 22.6 Å². The molecule has 0 bridgehead atoms. The van der Waals surface area contributed by atoms with Gasteiger partial charge in [-0.25, -0.2) is 8.78 Å². The van der Waals surface area contributed by atoms with E-state index in [1.165, 1.54) is 12.1 Å². The van der Waals surface area contributed by atoms with Crippen LogP contribution in [0.4, 0.5) is 8.78 Å². The Kier molecular flexibility index (Phi) is 3.65. The standard InChI is InChI=1S/C18H12F2O/c19-13-10-11-15(17(20)12-13)16-8-4-5-9-18(16)21-14-6-2-1-3-7-14/h1-12H. The monoisotopic (exact) mass is 282 g/mol. The van der Waals surface area contributed by atoms with Crippen molar-refractivity contribution < 1.29 is 13.5 Å². The van der Waals surface area contributed by atoms with E-state index in [4.69, 9.17) is 4.74 Å². The first-order chi connectivity index (χ1) is 10.2. The van der Waals surface area contributed by atoms with E-state index in [2.05, 4.69) is 0 Å². The average molecular weight is 282 g/mol. The van der Waals surface area contributed by atoms with Gasteiger partial charge in [0.2, 0.25) is 0 Å². The third-order valence-corrected chi connectivity index (χ3v) is 3.08. The number of rotatable bonds is 3. The lowest BCUT2D eigenvalue weighted by Gasteiger charge is -2.12. The second-order valence-electron chi connectivity index (χ2n) is 4.54. The van der Waals surface area contributed by atoms with Crippen molar-refractivity contribution >= 4 is 0 Å². The molecule has 0 aliphatic carbocycles. The normalized spacial score (nSPS) is 10.4. The van der Waals surface area contributed by atoms with E-state index >= 15 is 0 Å². The Morgan fingerprint density at radius 1 is 0.667 bits per heavy atom. The highest BCUT2D eigenvalue weighted by Crippen LogP contribution is 2.34. The molecule has 0 saturated carbocycles. The van der Waals surface area contributed by atoms with Crippen molar-refractivity contribution in [1.29, 1.82) is 0 Å². The molecule has 0 atom stereocenters. The van der Waals surface area contributed by atoms with E-state index < -0.39 is 11.6 Å². The average Bonchev–Trinajstić information content (AvgIpc) is 2.49. The highest BCUT2D eigenvalue weighted by molar-refractivity contribution is 5.71. The van der Waals surface area contributed by atoms with Crippen LogP contribution in [0.5, 0.6) is 11.5 Å². The maximum absolute atomic E-state index is 14.0. The van der Waals surface area contributed by atoms with Crippen LogP contribution in [0, 0.1) is 11.6 Å². The largest absolute Gasteiger partial charge is 0.457 e. The van der Waals surface area contributed by atoms with Gasteiger partial charge < -0.3 is 4.74 Å². The second-order valence-corrected chi connectivity index (χ2v) is 4.54. The van der Waals surface area contributed by atoms with Gasteiger partial charge >= 0.3 is 0 Å². The van der Waals surface area contributed by atoms with Gasteiger partial charge in [-0.15, -0.1) is 0 Å². The van der Waals surface area contributed by atoms with Crippen LogP contribution in [0.15, 0.2) is 72.8 Å². The summed E-state index contributed by atoms with van der Waals surface area (Å²) in [4.78, 5) is 0. The van der Waals surface area contributed by atoms with Gasteiger partial charge in [0.25, 0.3) is 0 Å². The van der Waals surface area contributed by atoms with Crippen LogP contribution in [0.1, 0.15) is 0 Å². The Bertz CT molecular complexity index is 754. The topological polar surface area (TPSA) is 9.23 Å². The number of para-hydroxylation sites is 2. The molecule has 0 aliphatic heterocycles. The molecular weight excluding hydrogens is 270 g/mol. The zero-order valence-electron chi connectivity index (χ0n) is 11.1. The first-order valence-corrected chi connectivity index (χ1v) is 6.51. The summed E-state index contributed by atoms with van der Waals surface area (Å²) in [6, 6.07) is 19.9. The van der Waals surface area contributed by atoms with E-state index in [1.807, 2.05) is 36.4 Å². The summed E-state index contributed by atoms with van der Waals surface area (Å²) in [6.07, 6.45) is 0. The van der Waals surface area contributed by atoms with Crippen LogP contribution >= 0.6 is 0 Å². The number of hydrogen-bond acceptors (Lipinski definition) is 1. The van der Waals surface area contributed by atoms with Gasteiger partial charge in [0.05, 0.1) is 0 Å². The van der Waals surface area contributed by atoms with Gasteiger partial charge in [0.15, 0.2) is 0 Å². The molecule has 21 heavy (non-hydrogen) atoms. The van der Waals surface area contributed by atoms with E-state index in [1.54, 1.807) is 18.2 Å². The number of benzene rings is 3. The smallest absolute Gasteiger partial charge is 0.135 e. The number of halogens is 2. The number of hydrogen-bond donors (Lipinski definition) is 0. The molecule has 3 rings (SSSR count). The quantitative estimate of drug-likeness (QED) is 0.623. The number of ether oxygens (including phenoxy) is 1. The molecule has 1 nitrogen and oxygen atoms in total. The molecule has 0 amide bonds. The fraction of sp³-hybridized carbons (Fsp3) is 0. The van der Waals surface area contributed by atoms with Crippen molar-refractivity contribution in [2.75, 3.05) is 0 Å². The van der Waals surface area contributed by atoms with Crippen LogP contribution in [-0.2, 0) is 0 Å². The molecule has 0 aromatic heterocycles. The van der Waals surface area contributed by atoms with Gasteiger partial charge in [0, 0.05) is 17.2 Å². The summed E-state index contributed by atoms with van der Waals surface area (Å²) >= 11 is 0. The highest BCUT2D eigenvalue weighted by atomic mass is 19.1. The van der Waals surface area contributed by atoms with Crippen LogP contribution in [0.3, 0.4) is 0 Å². The molecule has 0 fully saturated rings. The maximum Gasteiger partial charge on any atom is 0.135 e. The van der Waals surface area contributed by atoms with Crippen LogP contribution < -0.4 is 4.74 Å². The summed E-state index contributed by atoms with van der Waals surface area (Å²) in [5, 5.41) is 0. The minimum atomic E-state index is -0.612. The Morgan fingerprint density at radius 3 is 2.14 bits per heavy atom. The zero-order chi connectivity index (χ0) is 14.7. The van der Waals surface area contributed by atoms with Gasteiger partial charge in [0.1, 0.15) is 23.1 Å². The predicted molar refractivity (Wildman–Crippen MR) is 78.3 cm³/mol. The van der Waals surface area contributed by atoms with E-state index in [0.717, 1.165) is 6.07 Å². The van der Waals surface area contributed by atoms with Crippen LogP contribution in [0.25, 0.3) is 11.1 Å². The molecule has 0 radical (unpaired) electrons. The molecular formula is C18H12F2O. The minimum absolute atomic E-state index is 0.308. The molecule has 104 valence electrons. The summed E-state index contributed by atoms with van der Waals surface area (Å²) in [5.74, 6) is -0.0292. The summed E-state index contributed by atoms with van der Waals surface area (Å²) < 4.78 is 32.8. The fourth-order valence-corrected chi connectivity index (χ4v) is 2.10.